The van der Waals surface area contributed by atoms with Crippen molar-refractivity contribution in [1.29, 1.82) is 0 Å². The van der Waals surface area contributed by atoms with Crippen LogP contribution in [0.5, 0.6) is 0 Å². The summed E-state index contributed by atoms with van der Waals surface area (Å²) in [6, 6.07) is 0. The van der Waals surface area contributed by atoms with E-state index in [-0.39, 0.29) is 12.6 Å². The highest BCUT2D eigenvalue weighted by molar-refractivity contribution is 5.69. The van der Waals surface area contributed by atoms with Crippen LogP contribution in [0, 0.1) is 0 Å². The van der Waals surface area contributed by atoms with Crippen molar-refractivity contribution in [2.75, 3.05) is 45.9 Å². The van der Waals surface area contributed by atoms with Gasteiger partial charge in [-0.1, -0.05) is 13.8 Å². The van der Waals surface area contributed by atoms with E-state index in [2.05, 4.69) is 18.7 Å². The molecule has 0 bridgehead atoms. The zero-order valence-electron chi connectivity index (χ0n) is 10.9. The number of hydrogen-bond donors (Lipinski definition) is 1. The molecule has 1 fully saturated rings. The lowest BCUT2D eigenvalue weighted by molar-refractivity contribution is -0.138. The Labute approximate surface area is 103 Å². The molecule has 5 heteroatoms. The largest absolute Gasteiger partial charge is 0.480 e. The zero-order chi connectivity index (χ0) is 12.7. The summed E-state index contributed by atoms with van der Waals surface area (Å²) in [5.41, 5.74) is 0. The van der Waals surface area contributed by atoms with Crippen LogP contribution in [-0.2, 0) is 9.53 Å². The summed E-state index contributed by atoms with van der Waals surface area (Å²) in [7, 11) is 0. The first kappa shape index (κ1) is 14.4. The Morgan fingerprint density at radius 2 is 2.18 bits per heavy atom. The molecule has 0 aliphatic carbocycles. The molecule has 0 amide bonds. The molecule has 0 aromatic heterocycles. The molecular weight excluding hydrogens is 220 g/mol. The molecule has 17 heavy (non-hydrogen) atoms. The van der Waals surface area contributed by atoms with Crippen LogP contribution in [0.15, 0.2) is 0 Å². The van der Waals surface area contributed by atoms with Crippen LogP contribution in [0.1, 0.15) is 20.3 Å². The Morgan fingerprint density at radius 1 is 1.47 bits per heavy atom. The monoisotopic (exact) mass is 244 g/mol. The maximum Gasteiger partial charge on any atom is 0.317 e. The first-order valence-corrected chi connectivity index (χ1v) is 6.43. The molecule has 1 aliphatic heterocycles. The van der Waals surface area contributed by atoms with Crippen molar-refractivity contribution in [2.45, 2.75) is 26.4 Å². The van der Waals surface area contributed by atoms with Gasteiger partial charge in [0, 0.05) is 19.6 Å². The molecule has 0 spiro atoms. The summed E-state index contributed by atoms with van der Waals surface area (Å²) < 4.78 is 5.77. The van der Waals surface area contributed by atoms with E-state index in [0.717, 1.165) is 45.8 Å². The fourth-order valence-corrected chi connectivity index (χ4v) is 2.16. The Morgan fingerprint density at radius 3 is 2.76 bits per heavy atom. The molecule has 1 saturated heterocycles. The van der Waals surface area contributed by atoms with Gasteiger partial charge in [0.1, 0.15) is 0 Å². The number of rotatable bonds is 8. The Hall–Kier alpha value is -0.650. The van der Waals surface area contributed by atoms with Gasteiger partial charge in [-0.05, 0) is 19.5 Å². The molecule has 1 aliphatic rings. The SMILES string of the molecule is CCN(CC)CCOC1CCN(CC(=O)O)C1. The number of carboxylic acid groups (broad SMARTS) is 1. The quantitative estimate of drug-likeness (QED) is 0.674. The van der Waals surface area contributed by atoms with E-state index in [0.29, 0.717) is 0 Å². The Balaban J connectivity index is 2.11. The predicted molar refractivity (Wildman–Crippen MR) is 66.2 cm³/mol. The molecule has 0 aromatic carbocycles. The number of ether oxygens (including phenoxy) is 1. The summed E-state index contributed by atoms with van der Waals surface area (Å²) in [5.74, 6) is -0.756. The third-order valence-electron chi connectivity index (χ3n) is 3.24. The van der Waals surface area contributed by atoms with Gasteiger partial charge in [0.2, 0.25) is 0 Å². The van der Waals surface area contributed by atoms with Crippen LogP contribution in [0.2, 0.25) is 0 Å². The van der Waals surface area contributed by atoms with E-state index in [1.165, 1.54) is 0 Å². The fraction of sp³-hybridized carbons (Fsp3) is 0.917. The first-order valence-electron chi connectivity index (χ1n) is 6.43. The highest BCUT2D eigenvalue weighted by Crippen LogP contribution is 2.12. The average Bonchev–Trinajstić information content (AvgIpc) is 2.71. The summed E-state index contributed by atoms with van der Waals surface area (Å²) >= 11 is 0. The summed E-state index contributed by atoms with van der Waals surface area (Å²) in [6.45, 7) is 9.82. The second-order valence-electron chi connectivity index (χ2n) is 4.44. The maximum atomic E-state index is 10.6. The molecule has 100 valence electrons. The minimum absolute atomic E-state index is 0.135. The minimum Gasteiger partial charge on any atom is -0.480 e. The standard InChI is InChI=1S/C12H24N2O3/c1-3-13(4-2)7-8-17-11-5-6-14(9-11)10-12(15)16/h11H,3-10H2,1-2H3,(H,15,16). The molecule has 1 N–H and O–H groups in total. The van der Waals surface area contributed by atoms with Gasteiger partial charge in [0.05, 0.1) is 19.3 Å². The zero-order valence-corrected chi connectivity index (χ0v) is 10.9. The van der Waals surface area contributed by atoms with Crippen molar-refractivity contribution in [1.82, 2.24) is 9.80 Å². The highest BCUT2D eigenvalue weighted by atomic mass is 16.5. The predicted octanol–water partition coefficient (Wildman–Crippen LogP) is 0.504. The Kier molecular flexibility index (Phi) is 6.47. The van der Waals surface area contributed by atoms with Gasteiger partial charge in [0.25, 0.3) is 0 Å². The van der Waals surface area contributed by atoms with Crippen LogP contribution in [-0.4, -0.2) is 72.9 Å². The number of aliphatic carboxylic acids is 1. The molecule has 1 heterocycles. The van der Waals surface area contributed by atoms with Crippen LogP contribution in [0.25, 0.3) is 0 Å². The lowest BCUT2D eigenvalue weighted by Gasteiger charge is -2.19. The molecule has 0 aromatic rings. The van der Waals surface area contributed by atoms with Crippen molar-refractivity contribution in [3.63, 3.8) is 0 Å². The Bertz CT molecular complexity index is 232. The van der Waals surface area contributed by atoms with E-state index < -0.39 is 5.97 Å². The summed E-state index contributed by atoms with van der Waals surface area (Å²) in [5, 5.41) is 8.68. The fourth-order valence-electron chi connectivity index (χ4n) is 2.16. The third kappa shape index (κ3) is 5.48. The number of carboxylic acids is 1. The van der Waals surface area contributed by atoms with Gasteiger partial charge >= 0.3 is 5.97 Å². The topological polar surface area (TPSA) is 53.0 Å². The molecule has 1 rings (SSSR count). The van der Waals surface area contributed by atoms with Crippen molar-refractivity contribution in [3.8, 4) is 0 Å². The van der Waals surface area contributed by atoms with E-state index in [1.54, 1.807) is 0 Å². The van der Waals surface area contributed by atoms with Crippen LogP contribution in [0.3, 0.4) is 0 Å². The van der Waals surface area contributed by atoms with Crippen LogP contribution >= 0.6 is 0 Å². The van der Waals surface area contributed by atoms with Crippen LogP contribution in [0.4, 0.5) is 0 Å². The normalized spacial score (nSPS) is 21.2. The van der Waals surface area contributed by atoms with Gasteiger partial charge in [-0.15, -0.1) is 0 Å². The van der Waals surface area contributed by atoms with Crippen molar-refractivity contribution >= 4 is 5.97 Å². The number of nitrogens with zero attached hydrogens (tertiary/aromatic N) is 2. The lowest BCUT2D eigenvalue weighted by Crippen LogP contribution is -2.31. The smallest absolute Gasteiger partial charge is 0.317 e. The number of carbonyl (C=O) groups is 1. The molecule has 0 radical (unpaired) electrons. The lowest BCUT2D eigenvalue weighted by atomic mass is 10.3. The molecule has 1 unspecified atom stereocenters. The molecule has 0 saturated carbocycles. The van der Waals surface area contributed by atoms with E-state index >= 15 is 0 Å². The van der Waals surface area contributed by atoms with Gasteiger partial charge in [-0.2, -0.15) is 0 Å². The molecular formula is C12H24N2O3. The second kappa shape index (κ2) is 7.63. The van der Waals surface area contributed by atoms with Crippen molar-refractivity contribution in [3.05, 3.63) is 0 Å². The van der Waals surface area contributed by atoms with Gasteiger partial charge in [-0.3, -0.25) is 9.69 Å². The molecule has 5 nitrogen and oxygen atoms in total. The number of hydrogen-bond acceptors (Lipinski definition) is 4. The van der Waals surface area contributed by atoms with Gasteiger partial charge in [-0.25, -0.2) is 0 Å². The van der Waals surface area contributed by atoms with Gasteiger partial charge in [0.15, 0.2) is 0 Å². The number of likely N-dealkylation sites (N-methyl/N-ethyl adjacent to an activating group) is 1. The van der Waals surface area contributed by atoms with E-state index in [1.807, 2.05) is 4.90 Å². The van der Waals surface area contributed by atoms with Gasteiger partial charge < -0.3 is 14.7 Å². The maximum absolute atomic E-state index is 10.6. The molecule has 1 atom stereocenters. The highest BCUT2D eigenvalue weighted by Gasteiger charge is 2.24. The summed E-state index contributed by atoms with van der Waals surface area (Å²) in [4.78, 5) is 14.8. The van der Waals surface area contributed by atoms with Crippen LogP contribution < -0.4 is 0 Å². The number of likely N-dealkylation sites (tertiary alicyclic amines) is 1. The first-order chi connectivity index (χ1) is 8.15. The summed E-state index contributed by atoms with van der Waals surface area (Å²) in [6.07, 6.45) is 1.16. The van der Waals surface area contributed by atoms with E-state index in [9.17, 15) is 4.79 Å². The van der Waals surface area contributed by atoms with E-state index in [4.69, 9.17) is 9.84 Å². The van der Waals surface area contributed by atoms with Crippen molar-refractivity contribution in [2.24, 2.45) is 0 Å². The minimum atomic E-state index is -0.756. The average molecular weight is 244 g/mol. The third-order valence-corrected chi connectivity index (χ3v) is 3.24. The second-order valence-corrected chi connectivity index (χ2v) is 4.44. The van der Waals surface area contributed by atoms with Crippen molar-refractivity contribution < 1.29 is 14.6 Å².